The Morgan fingerprint density at radius 1 is 1.11 bits per heavy atom. The summed E-state index contributed by atoms with van der Waals surface area (Å²) in [7, 11) is -3.97. The molecule has 0 atom stereocenters. The number of nitrogens with one attached hydrogen (secondary N) is 2. The van der Waals surface area contributed by atoms with Crippen LogP contribution in [0.5, 0.6) is 0 Å². The van der Waals surface area contributed by atoms with E-state index >= 15 is 0 Å². The van der Waals surface area contributed by atoms with Gasteiger partial charge >= 0.3 is 0 Å². The third kappa shape index (κ3) is 4.86. The summed E-state index contributed by atoms with van der Waals surface area (Å²) in [6.07, 6.45) is 0. The predicted molar refractivity (Wildman–Crippen MR) is 104 cm³/mol. The Labute approximate surface area is 163 Å². The van der Waals surface area contributed by atoms with Crippen molar-refractivity contribution >= 4 is 27.3 Å². The number of ether oxygens (including phenoxy) is 1. The summed E-state index contributed by atoms with van der Waals surface area (Å²) in [5, 5.41) is 5.56. The van der Waals surface area contributed by atoms with Crippen LogP contribution in [0.1, 0.15) is 5.56 Å². The van der Waals surface area contributed by atoms with Crippen LogP contribution >= 0.6 is 0 Å². The second kappa shape index (κ2) is 8.68. The zero-order chi connectivity index (χ0) is 20.1. The summed E-state index contributed by atoms with van der Waals surface area (Å²) >= 11 is 0. The normalized spacial score (nSPS) is 15.2. The first kappa shape index (κ1) is 20.2. The topological polar surface area (TPSA) is 87.7 Å². The van der Waals surface area contributed by atoms with Crippen molar-refractivity contribution < 1.29 is 22.3 Å². The molecule has 2 aromatic carbocycles. The number of rotatable bonds is 6. The number of carbonyl (C=O) groups is 1. The Hall–Kier alpha value is -2.49. The number of hydrogen-bond acceptors (Lipinski definition) is 5. The molecule has 150 valence electrons. The molecule has 1 aliphatic rings. The van der Waals surface area contributed by atoms with E-state index in [1.165, 1.54) is 16.4 Å². The van der Waals surface area contributed by atoms with Gasteiger partial charge < -0.3 is 15.4 Å². The van der Waals surface area contributed by atoms with Crippen LogP contribution in [0.4, 0.5) is 15.8 Å². The molecule has 1 aliphatic heterocycles. The standard InChI is InChI=1S/C19H22FN3O4S/c1-14-2-4-15(5-3-14)22-19(24)13-21-16-6-7-17(20)18(12-16)28(25,26)23-8-10-27-11-9-23/h2-7,12,21H,8-11,13H2,1H3,(H,22,24). The zero-order valence-corrected chi connectivity index (χ0v) is 16.3. The maximum Gasteiger partial charge on any atom is 0.246 e. The van der Waals surface area contributed by atoms with Gasteiger partial charge in [0.2, 0.25) is 15.9 Å². The van der Waals surface area contributed by atoms with E-state index in [9.17, 15) is 17.6 Å². The third-order valence-corrected chi connectivity index (χ3v) is 6.22. The van der Waals surface area contributed by atoms with E-state index in [2.05, 4.69) is 10.6 Å². The molecule has 1 fully saturated rings. The number of benzene rings is 2. The second-order valence-electron chi connectivity index (χ2n) is 6.43. The van der Waals surface area contributed by atoms with Gasteiger partial charge in [-0.1, -0.05) is 17.7 Å². The van der Waals surface area contributed by atoms with Crippen LogP contribution in [0.25, 0.3) is 0 Å². The molecular formula is C19H22FN3O4S. The Morgan fingerprint density at radius 2 is 1.75 bits per heavy atom. The van der Waals surface area contributed by atoms with Crippen molar-refractivity contribution in [1.29, 1.82) is 0 Å². The Kier molecular flexibility index (Phi) is 6.28. The fourth-order valence-electron chi connectivity index (χ4n) is 2.76. The average Bonchev–Trinajstić information content (AvgIpc) is 2.69. The van der Waals surface area contributed by atoms with Gasteiger partial charge in [0.05, 0.1) is 19.8 Å². The number of nitrogens with zero attached hydrogens (tertiary/aromatic N) is 1. The van der Waals surface area contributed by atoms with E-state index in [1.54, 1.807) is 12.1 Å². The van der Waals surface area contributed by atoms with E-state index in [-0.39, 0.29) is 38.8 Å². The molecule has 28 heavy (non-hydrogen) atoms. The highest BCUT2D eigenvalue weighted by Crippen LogP contribution is 2.23. The molecule has 7 nitrogen and oxygen atoms in total. The maximum absolute atomic E-state index is 14.2. The van der Waals surface area contributed by atoms with Crippen LogP contribution in [-0.2, 0) is 19.6 Å². The summed E-state index contributed by atoms with van der Waals surface area (Å²) in [5.74, 6) is -1.13. The van der Waals surface area contributed by atoms with Crippen molar-refractivity contribution in [2.75, 3.05) is 43.5 Å². The van der Waals surface area contributed by atoms with Crippen LogP contribution in [0.15, 0.2) is 47.4 Å². The van der Waals surface area contributed by atoms with E-state index in [0.717, 1.165) is 11.6 Å². The first-order chi connectivity index (χ1) is 13.4. The molecule has 2 aromatic rings. The van der Waals surface area contributed by atoms with E-state index in [4.69, 9.17) is 4.74 Å². The maximum atomic E-state index is 14.2. The predicted octanol–water partition coefficient (Wildman–Crippen LogP) is 2.21. The number of aryl methyl sites for hydroxylation is 1. The second-order valence-corrected chi connectivity index (χ2v) is 8.34. The number of morpholine rings is 1. The lowest BCUT2D eigenvalue weighted by atomic mass is 10.2. The van der Waals surface area contributed by atoms with Gasteiger partial charge in [-0.25, -0.2) is 12.8 Å². The Bertz CT molecular complexity index is 942. The fourth-order valence-corrected chi connectivity index (χ4v) is 4.26. The molecule has 0 bridgehead atoms. The van der Waals surface area contributed by atoms with Gasteiger partial charge in [-0.2, -0.15) is 4.31 Å². The van der Waals surface area contributed by atoms with Crippen LogP contribution in [0.2, 0.25) is 0 Å². The fraction of sp³-hybridized carbons (Fsp3) is 0.316. The van der Waals surface area contributed by atoms with Crippen molar-refractivity contribution in [3.63, 3.8) is 0 Å². The number of anilines is 2. The monoisotopic (exact) mass is 407 g/mol. The van der Waals surface area contributed by atoms with E-state index < -0.39 is 20.7 Å². The summed E-state index contributed by atoms with van der Waals surface area (Å²) < 4.78 is 45.9. The van der Waals surface area contributed by atoms with Crippen LogP contribution in [-0.4, -0.2) is 51.5 Å². The zero-order valence-electron chi connectivity index (χ0n) is 15.4. The van der Waals surface area contributed by atoms with E-state index in [1.807, 2.05) is 19.1 Å². The van der Waals surface area contributed by atoms with Gasteiger partial charge in [0, 0.05) is 24.5 Å². The van der Waals surface area contributed by atoms with Crippen LogP contribution < -0.4 is 10.6 Å². The highest BCUT2D eigenvalue weighted by atomic mass is 32.2. The number of hydrogen-bond donors (Lipinski definition) is 2. The lowest BCUT2D eigenvalue weighted by Gasteiger charge is -2.26. The molecule has 0 unspecified atom stereocenters. The molecule has 1 amide bonds. The van der Waals surface area contributed by atoms with Gasteiger partial charge in [-0.05, 0) is 37.3 Å². The minimum atomic E-state index is -3.97. The quantitative estimate of drug-likeness (QED) is 0.767. The molecule has 0 aromatic heterocycles. The minimum Gasteiger partial charge on any atom is -0.379 e. The largest absolute Gasteiger partial charge is 0.379 e. The van der Waals surface area contributed by atoms with Gasteiger partial charge in [0.15, 0.2) is 0 Å². The lowest BCUT2D eigenvalue weighted by molar-refractivity contribution is -0.114. The molecule has 1 heterocycles. The summed E-state index contributed by atoms with van der Waals surface area (Å²) in [6.45, 7) is 2.77. The number of amides is 1. The smallest absolute Gasteiger partial charge is 0.246 e. The van der Waals surface area contributed by atoms with Crippen molar-refractivity contribution in [1.82, 2.24) is 4.31 Å². The SMILES string of the molecule is Cc1ccc(NC(=O)CNc2ccc(F)c(S(=O)(=O)N3CCOCC3)c2)cc1. The van der Waals surface area contributed by atoms with Crippen LogP contribution in [0.3, 0.4) is 0 Å². The number of sulfonamides is 1. The molecular weight excluding hydrogens is 385 g/mol. The van der Waals surface area contributed by atoms with Gasteiger partial charge in [-0.15, -0.1) is 0 Å². The van der Waals surface area contributed by atoms with Crippen molar-refractivity contribution in [3.8, 4) is 0 Å². The highest BCUT2D eigenvalue weighted by Gasteiger charge is 2.29. The molecule has 0 spiro atoms. The molecule has 1 saturated heterocycles. The Morgan fingerprint density at radius 3 is 2.43 bits per heavy atom. The average molecular weight is 407 g/mol. The Balaban J connectivity index is 1.67. The first-order valence-electron chi connectivity index (χ1n) is 8.84. The van der Waals surface area contributed by atoms with Crippen LogP contribution in [0, 0.1) is 12.7 Å². The van der Waals surface area contributed by atoms with Gasteiger partial charge in [0.1, 0.15) is 10.7 Å². The van der Waals surface area contributed by atoms with E-state index in [0.29, 0.717) is 11.4 Å². The molecule has 0 radical (unpaired) electrons. The summed E-state index contributed by atoms with van der Waals surface area (Å²) in [6, 6.07) is 11.0. The molecule has 3 rings (SSSR count). The van der Waals surface area contributed by atoms with Gasteiger partial charge in [-0.3, -0.25) is 4.79 Å². The molecule has 0 aliphatic carbocycles. The first-order valence-corrected chi connectivity index (χ1v) is 10.3. The molecule has 2 N–H and O–H groups in total. The third-order valence-electron chi connectivity index (χ3n) is 4.31. The van der Waals surface area contributed by atoms with Crippen molar-refractivity contribution in [3.05, 3.63) is 53.8 Å². The van der Waals surface area contributed by atoms with Crippen molar-refractivity contribution in [2.24, 2.45) is 0 Å². The molecule has 0 saturated carbocycles. The molecule has 9 heteroatoms. The lowest BCUT2D eigenvalue weighted by Crippen LogP contribution is -2.40. The summed E-state index contributed by atoms with van der Waals surface area (Å²) in [4.78, 5) is 11.7. The highest BCUT2D eigenvalue weighted by molar-refractivity contribution is 7.89. The number of carbonyl (C=O) groups excluding carboxylic acids is 1. The van der Waals surface area contributed by atoms with Gasteiger partial charge in [0.25, 0.3) is 0 Å². The van der Waals surface area contributed by atoms with Crippen molar-refractivity contribution in [2.45, 2.75) is 11.8 Å². The number of halogens is 1. The minimum absolute atomic E-state index is 0.0868. The summed E-state index contributed by atoms with van der Waals surface area (Å²) in [5.41, 5.74) is 2.08.